The Kier molecular flexibility index (Phi) is 1.26. The van der Waals surface area contributed by atoms with Crippen LogP contribution in [0.25, 0.3) is 0 Å². The highest BCUT2D eigenvalue weighted by molar-refractivity contribution is 5.35. The van der Waals surface area contributed by atoms with Crippen LogP contribution in [-0.2, 0) is 0 Å². The van der Waals surface area contributed by atoms with Crippen LogP contribution in [0.3, 0.4) is 0 Å². The lowest BCUT2D eigenvalue weighted by Gasteiger charge is -2.17. The van der Waals surface area contributed by atoms with Gasteiger partial charge in [0.2, 0.25) is 0 Å². The summed E-state index contributed by atoms with van der Waals surface area (Å²) in [6.07, 6.45) is 7.93. The van der Waals surface area contributed by atoms with E-state index in [9.17, 15) is 0 Å². The zero-order chi connectivity index (χ0) is 7.84. The molecule has 3 N–H and O–H groups in total. The molecule has 2 rings (SSSR count). The molecule has 11 heavy (non-hydrogen) atoms. The molecule has 3 nitrogen and oxygen atoms in total. The van der Waals surface area contributed by atoms with Crippen LogP contribution in [0.15, 0.2) is 35.8 Å². The maximum Gasteiger partial charge on any atom is 0.0775 e. The normalized spacial score (nSPS) is 28.1. The number of hydrogen-bond acceptors (Lipinski definition) is 3. The fraction of sp³-hybridized carbons (Fsp3) is 0.250. The third kappa shape index (κ3) is 0.851. The first-order chi connectivity index (χ1) is 5.29. The third-order valence-electron chi connectivity index (χ3n) is 1.95. The van der Waals surface area contributed by atoms with E-state index in [-0.39, 0.29) is 6.04 Å². The average Bonchev–Trinajstić information content (AvgIpc) is 2.30. The van der Waals surface area contributed by atoms with Crippen molar-refractivity contribution in [3.05, 3.63) is 35.8 Å². The summed E-state index contributed by atoms with van der Waals surface area (Å²) in [5.74, 6) is 0. The van der Waals surface area contributed by atoms with Crippen molar-refractivity contribution in [3.63, 3.8) is 0 Å². The van der Waals surface area contributed by atoms with Crippen LogP contribution in [0.5, 0.6) is 0 Å². The van der Waals surface area contributed by atoms with E-state index in [1.165, 1.54) is 0 Å². The number of hydrogen-bond donors (Lipinski definition) is 2. The second-order valence-electron chi connectivity index (χ2n) is 2.76. The van der Waals surface area contributed by atoms with Crippen molar-refractivity contribution in [1.82, 2.24) is 10.4 Å². The second-order valence-corrected chi connectivity index (χ2v) is 2.76. The summed E-state index contributed by atoms with van der Waals surface area (Å²) in [7, 11) is 0. The Labute approximate surface area is 65.8 Å². The summed E-state index contributed by atoms with van der Waals surface area (Å²) in [5, 5.41) is 1.94. The van der Waals surface area contributed by atoms with Gasteiger partial charge in [0.1, 0.15) is 0 Å². The first-order valence-electron chi connectivity index (χ1n) is 3.69. The van der Waals surface area contributed by atoms with Gasteiger partial charge in [-0.3, -0.25) is 5.01 Å². The van der Waals surface area contributed by atoms with Crippen LogP contribution >= 0.6 is 0 Å². The molecule has 0 aromatic heterocycles. The van der Waals surface area contributed by atoms with Gasteiger partial charge in [-0.1, -0.05) is 6.08 Å². The molecule has 1 atom stereocenters. The molecule has 0 aromatic rings. The van der Waals surface area contributed by atoms with Gasteiger partial charge in [-0.15, -0.1) is 0 Å². The maximum absolute atomic E-state index is 5.82. The van der Waals surface area contributed by atoms with Gasteiger partial charge < -0.3 is 5.73 Å². The molecule has 0 aromatic carbocycles. The molecular weight excluding hydrogens is 138 g/mol. The van der Waals surface area contributed by atoms with Gasteiger partial charge in [0, 0.05) is 6.20 Å². The van der Waals surface area contributed by atoms with Crippen molar-refractivity contribution in [1.29, 1.82) is 0 Å². The van der Waals surface area contributed by atoms with Gasteiger partial charge >= 0.3 is 0 Å². The molecule has 3 heteroatoms. The molecule has 0 spiro atoms. The smallest absolute Gasteiger partial charge is 0.0775 e. The third-order valence-corrected chi connectivity index (χ3v) is 1.95. The molecule has 0 amide bonds. The van der Waals surface area contributed by atoms with E-state index < -0.39 is 0 Å². The quantitative estimate of drug-likeness (QED) is 0.525. The van der Waals surface area contributed by atoms with E-state index >= 15 is 0 Å². The van der Waals surface area contributed by atoms with Crippen molar-refractivity contribution in [2.75, 3.05) is 0 Å². The number of nitrogens with two attached hydrogens (primary N) is 1. The number of allylic oxidation sites excluding steroid dienone is 3. The monoisotopic (exact) mass is 149 g/mol. The minimum atomic E-state index is 0.248. The predicted molar refractivity (Wildman–Crippen MR) is 43.9 cm³/mol. The lowest BCUT2D eigenvalue weighted by atomic mass is 10.2. The summed E-state index contributed by atoms with van der Waals surface area (Å²) in [6, 6.07) is 0.248. The zero-order valence-electron chi connectivity index (χ0n) is 6.41. The van der Waals surface area contributed by atoms with Crippen molar-refractivity contribution < 1.29 is 0 Å². The van der Waals surface area contributed by atoms with E-state index in [1.807, 2.05) is 36.4 Å². The molecule has 0 saturated carbocycles. The molecular formula is C8H11N3. The average molecular weight is 149 g/mol. The second kappa shape index (κ2) is 2.13. The molecule has 58 valence electrons. The standard InChI is InChI=1S/C8H11N3/c1-6-8(9)7-4-2-3-5-11(7)10-6/h2-6,10H,9H2,1H3. The first-order valence-corrected chi connectivity index (χ1v) is 3.69. The molecule has 0 fully saturated rings. The summed E-state index contributed by atoms with van der Waals surface area (Å²) in [6.45, 7) is 2.04. The molecule has 0 bridgehead atoms. The van der Waals surface area contributed by atoms with Gasteiger partial charge in [-0.2, -0.15) is 0 Å². The molecule has 2 aliphatic heterocycles. The van der Waals surface area contributed by atoms with E-state index in [2.05, 4.69) is 5.43 Å². The summed E-state index contributed by atoms with van der Waals surface area (Å²) in [5.41, 5.74) is 11.0. The van der Waals surface area contributed by atoms with Gasteiger partial charge in [-0.25, -0.2) is 5.43 Å². The van der Waals surface area contributed by atoms with Crippen LogP contribution in [0.4, 0.5) is 0 Å². The molecule has 2 aliphatic rings. The van der Waals surface area contributed by atoms with Crippen LogP contribution in [-0.4, -0.2) is 11.1 Å². The van der Waals surface area contributed by atoms with E-state index in [0.717, 1.165) is 11.4 Å². The fourth-order valence-electron chi connectivity index (χ4n) is 1.29. The molecule has 1 unspecified atom stereocenters. The number of nitrogens with zero attached hydrogens (tertiary/aromatic N) is 1. The van der Waals surface area contributed by atoms with Crippen molar-refractivity contribution in [2.24, 2.45) is 5.73 Å². The highest BCUT2D eigenvalue weighted by atomic mass is 15.5. The minimum Gasteiger partial charge on any atom is -0.399 e. The Hall–Kier alpha value is -1.22. The zero-order valence-corrected chi connectivity index (χ0v) is 6.41. The Morgan fingerprint density at radius 3 is 3.09 bits per heavy atom. The predicted octanol–water partition coefficient (Wildman–Crippen LogP) is 0.449. The van der Waals surface area contributed by atoms with Crippen molar-refractivity contribution in [3.8, 4) is 0 Å². The Morgan fingerprint density at radius 2 is 2.36 bits per heavy atom. The summed E-state index contributed by atoms with van der Waals surface area (Å²) >= 11 is 0. The number of fused-ring (bicyclic) bond motifs is 1. The van der Waals surface area contributed by atoms with E-state index in [1.54, 1.807) is 0 Å². The van der Waals surface area contributed by atoms with Gasteiger partial charge in [0.25, 0.3) is 0 Å². The Bertz CT molecular complexity index is 263. The molecule has 0 aliphatic carbocycles. The van der Waals surface area contributed by atoms with E-state index in [4.69, 9.17) is 5.73 Å². The molecule has 0 saturated heterocycles. The fourth-order valence-corrected chi connectivity index (χ4v) is 1.29. The molecule has 0 radical (unpaired) electrons. The van der Waals surface area contributed by atoms with Crippen molar-refractivity contribution >= 4 is 0 Å². The SMILES string of the molecule is CC1NN2C=CC=CC2=C1N. The Balaban J connectivity index is 2.39. The molecule has 2 heterocycles. The highest BCUT2D eigenvalue weighted by Crippen LogP contribution is 2.20. The minimum absolute atomic E-state index is 0.248. The van der Waals surface area contributed by atoms with Crippen LogP contribution in [0.2, 0.25) is 0 Å². The van der Waals surface area contributed by atoms with E-state index in [0.29, 0.717) is 0 Å². The van der Waals surface area contributed by atoms with Crippen molar-refractivity contribution in [2.45, 2.75) is 13.0 Å². The van der Waals surface area contributed by atoms with Crippen LogP contribution in [0, 0.1) is 0 Å². The number of nitrogens with one attached hydrogen (secondary N) is 1. The van der Waals surface area contributed by atoms with Gasteiger partial charge in [-0.05, 0) is 19.1 Å². The Morgan fingerprint density at radius 1 is 1.55 bits per heavy atom. The highest BCUT2D eigenvalue weighted by Gasteiger charge is 2.23. The largest absolute Gasteiger partial charge is 0.399 e. The maximum atomic E-state index is 5.82. The lowest BCUT2D eigenvalue weighted by Crippen LogP contribution is -2.32. The number of rotatable bonds is 0. The summed E-state index contributed by atoms with van der Waals surface area (Å²) in [4.78, 5) is 0. The first kappa shape index (κ1) is 6.49. The van der Waals surface area contributed by atoms with Gasteiger partial charge in [0.05, 0.1) is 17.4 Å². The van der Waals surface area contributed by atoms with Gasteiger partial charge in [0.15, 0.2) is 0 Å². The van der Waals surface area contributed by atoms with Crippen LogP contribution < -0.4 is 11.2 Å². The number of hydrazine groups is 1. The topological polar surface area (TPSA) is 41.3 Å². The summed E-state index contributed by atoms with van der Waals surface area (Å²) < 4.78 is 0. The van der Waals surface area contributed by atoms with Crippen LogP contribution in [0.1, 0.15) is 6.92 Å². The lowest BCUT2D eigenvalue weighted by molar-refractivity contribution is 0.358.